The molecule has 0 unspecified atom stereocenters. The second-order valence-electron chi connectivity index (χ2n) is 17.4. The van der Waals surface area contributed by atoms with Crippen molar-refractivity contribution in [3.8, 4) is 22.5 Å². The van der Waals surface area contributed by atoms with E-state index in [1.165, 1.54) is 0 Å². The molecule has 0 bridgehead atoms. The fourth-order valence-corrected chi connectivity index (χ4v) is 10.0. The Hall–Kier alpha value is -5.75. The number of rotatable bonds is 11. The summed E-state index contributed by atoms with van der Waals surface area (Å²) in [7, 11) is 7.87. The van der Waals surface area contributed by atoms with Crippen LogP contribution in [0.15, 0.2) is 121 Å². The highest BCUT2D eigenvalue weighted by atomic mass is 16.5. The van der Waals surface area contributed by atoms with Crippen LogP contribution in [0.25, 0.3) is 28.1 Å². The van der Waals surface area contributed by atoms with Crippen molar-refractivity contribution < 1.29 is 14.3 Å². The molecule has 61 heavy (non-hydrogen) atoms. The second kappa shape index (κ2) is 17.3. The van der Waals surface area contributed by atoms with Crippen molar-refractivity contribution >= 4 is 23.1 Å². The number of pyridine rings is 1. The standard InChI is InChI=1S/C50H56N8O3/c1-55(2)45(36-15-8-5-9-16-36)48(59)57-28-14-19-43(57)47-53-32-42(54-47)35-22-20-34(21-23-35)40-25-24-38(30-51-40)39-29-41(52-31-39)44-33-61-50(26-12-7-13-27-50)58(44)49(60)46(56(3)4)37-17-10-6-11-18-37/h5-6,8-11,15-18,20-25,30-32,43-46H,7,12-14,19,26-29,33H2,1-4H3,(H,53,54)/t43-,44-,45+,46+/m0/s1. The van der Waals surface area contributed by atoms with E-state index in [1.54, 1.807) is 0 Å². The molecule has 2 amide bonds. The summed E-state index contributed by atoms with van der Waals surface area (Å²) in [5.74, 6) is 0.995. The Morgan fingerprint density at radius 1 is 0.721 bits per heavy atom. The van der Waals surface area contributed by atoms with E-state index in [9.17, 15) is 9.59 Å². The van der Waals surface area contributed by atoms with Crippen LogP contribution in [-0.4, -0.2) is 105 Å². The highest BCUT2D eigenvalue weighted by Gasteiger charge is 2.53. The minimum atomic E-state index is -0.594. The van der Waals surface area contributed by atoms with Gasteiger partial charge in [0, 0.05) is 36.6 Å². The first-order chi connectivity index (χ1) is 29.7. The van der Waals surface area contributed by atoms with Gasteiger partial charge in [-0.3, -0.25) is 29.4 Å². The number of hydrogen-bond donors (Lipinski definition) is 1. The lowest BCUT2D eigenvalue weighted by Gasteiger charge is -2.44. The van der Waals surface area contributed by atoms with E-state index >= 15 is 0 Å². The van der Waals surface area contributed by atoms with Crippen LogP contribution in [0.4, 0.5) is 0 Å². The zero-order valence-electron chi connectivity index (χ0n) is 35.7. The first-order valence-electron chi connectivity index (χ1n) is 21.8. The number of aromatic nitrogens is 3. The van der Waals surface area contributed by atoms with Gasteiger partial charge in [0.25, 0.3) is 0 Å². The molecule has 0 radical (unpaired) electrons. The summed E-state index contributed by atoms with van der Waals surface area (Å²) < 4.78 is 6.66. The van der Waals surface area contributed by atoms with Crippen molar-refractivity contribution in [1.82, 2.24) is 34.6 Å². The van der Waals surface area contributed by atoms with Gasteiger partial charge in [0.1, 0.15) is 23.6 Å². The number of likely N-dealkylation sites (N-methyl/N-ethyl adjacent to an activating group) is 2. The summed E-state index contributed by atoms with van der Waals surface area (Å²) in [6.07, 6.45) is 13.2. The van der Waals surface area contributed by atoms with Crippen LogP contribution in [0.2, 0.25) is 0 Å². The normalized spacial score (nSPS) is 21.0. The summed E-state index contributed by atoms with van der Waals surface area (Å²) >= 11 is 0. The van der Waals surface area contributed by atoms with Crippen molar-refractivity contribution in [3.05, 3.63) is 138 Å². The van der Waals surface area contributed by atoms with Gasteiger partial charge >= 0.3 is 0 Å². The first kappa shape index (κ1) is 40.6. The van der Waals surface area contributed by atoms with Gasteiger partial charge in [-0.05, 0) is 101 Å². The average molecular weight is 817 g/mol. The molecule has 314 valence electrons. The van der Waals surface area contributed by atoms with Crippen molar-refractivity contribution in [3.63, 3.8) is 0 Å². The van der Waals surface area contributed by atoms with E-state index in [4.69, 9.17) is 19.7 Å². The van der Waals surface area contributed by atoms with Crippen LogP contribution < -0.4 is 0 Å². The number of amides is 2. The minimum Gasteiger partial charge on any atom is -0.353 e. The van der Waals surface area contributed by atoms with Gasteiger partial charge in [-0.1, -0.05) is 97.4 Å². The van der Waals surface area contributed by atoms with Crippen molar-refractivity contribution in [2.45, 2.75) is 81.3 Å². The summed E-state index contributed by atoms with van der Waals surface area (Å²) in [5, 5.41) is 0. The topological polar surface area (TPSA) is 110 Å². The number of carbonyl (C=O) groups is 2. The number of likely N-dealkylation sites (tertiary alicyclic amines) is 1. The molecule has 2 saturated heterocycles. The van der Waals surface area contributed by atoms with Crippen molar-refractivity contribution in [2.75, 3.05) is 41.3 Å². The lowest BCUT2D eigenvalue weighted by atomic mass is 9.88. The number of aromatic amines is 1. The fourth-order valence-electron chi connectivity index (χ4n) is 10.0. The number of H-pyrrole nitrogens is 1. The van der Waals surface area contributed by atoms with Gasteiger partial charge in [0.05, 0.1) is 36.3 Å². The molecule has 1 N–H and O–H groups in total. The Balaban J connectivity index is 0.864. The van der Waals surface area contributed by atoms with Gasteiger partial charge in [-0.2, -0.15) is 0 Å². The van der Waals surface area contributed by atoms with Gasteiger partial charge < -0.3 is 19.5 Å². The lowest BCUT2D eigenvalue weighted by molar-refractivity contribution is -0.161. The number of ether oxygens (including phenoxy) is 1. The molecule has 11 heteroatoms. The molecule has 3 aliphatic heterocycles. The SMILES string of the molecule is CN(C)[C@@H](C(=O)N1CCC[C@H]1c1ncc(-c2ccc(-c3ccc(C4=CN=C([C@@H]5COC6(CCCCC6)N5C(=O)[C@@H](c5ccccc5)N(C)C)C4)cn3)cc2)[nH]1)c1ccccc1. The van der Waals surface area contributed by atoms with Crippen LogP contribution in [0.5, 0.6) is 0 Å². The fraction of sp³-hybridized carbons (Fsp3) is 0.380. The van der Waals surface area contributed by atoms with Gasteiger partial charge in [0.15, 0.2) is 0 Å². The van der Waals surface area contributed by atoms with Crippen LogP contribution in [0.1, 0.15) is 92.0 Å². The molecule has 5 heterocycles. The van der Waals surface area contributed by atoms with E-state index in [2.05, 4.69) is 46.3 Å². The van der Waals surface area contributed by atoms with E-state index < -0.39 is 11.8 Å². The smallest absolute Gasteiger partial charge is 0.247 e. The van der Waals surface area contributed by atoms with Crippen molar-refractivity contribution in [1.29, 1.82) is 0 Å². The quantitative estimate of drug-likeness (QED) is 0.143. The Kier molecular flexibility index (Phi) is 11.5. The van der Waals surface area contributed by atoms with Crippen molar-refractivity contribution in [2.24, 2.45) is 4.99 Å². The maximum atomic E-state index is 14.7. The Bertz CT molecular complexity index is 2380. The number of hydrogen-bond acceptors (Lipinski definition) is 8. The van der Waals surface area contributed by atoms with Gasteiger partial charge in [-0.15, -0.1) is 0 Å². The molecule has 1 aliphatic carbocycles. The lowest BCUT2D eigenvalue weighted by Crippen LogP contribution is -2.57. The van der Waals surface area contributed by atoms with E-state index in [-0.39, 0.29) is 29.9 Å². The Labute approximate surface area is 359 Å². The number of nitrogens with zero attached hydrogens (tertiary/aromatic N) is 7. The maximum absolute atomic E-state index is 14.7. The maximum Gasteiger partial charge on any atom is 0.247 e. The van der Waals surface area contributed by atoms with E-state index in [0.717, 1.165) is 101 Å². The predicted molar refractivity (Wildman–Crippen MR) is 239 cm³/mol. The third kappa shape index (κ3) is 7.98. The molecule has 3 fully saturated rings. The van der Waals surface area contributed by atoms with E-state index in [0.29, 0.717) is 19.6 Å². The first-order valence-corrected chi connectivity index (χ1v) is 21.8. The summed E-state index contributed by atoms with van der Waals surface area (Å²) in [5.41, 5.74) is 8.28. The van der Waals surface area contributed by atoms with E-state index in [1.807, 2.05) is 122 Å². The molecule has 4 aliphatic rings. The molecular formula is C50H56N8O3. The average Bonchev–Trinajstić information content (AvgIpc) is 4.12. The van der Waals surface area contributed by atoms with Crippen LogP contribution in [0.3, 0.4) is 0 Å². The highest BCUT2D eigenvalue weighted by molar-refractivity contribution is 6.04. The van der Waals surface area contributed by atoms with Gasteiger partial charge in [0.2, 0.25) is 11.8 Å². The molecular weight excluding hydrogens is 761 g/mol. The van der Waals surface area contributed by atoms with Gasteiger partial charge in [-0.25, -0.2) is 4.98 Å². The minimum absolute atomic E-state index is 0.0755. The Morgan fingerprint density at radius 3 is 2.00 bits per heavy atom. The second-order valence-corrected chi connectivity index (χ2v) is 17.4. The highest BCUT2D eigenvalue weighted by Crippen LogP contribution is 2.44. The molecule has 1 spiro atoms. The summed E-state index contributed by atoms with van der Waals surface area (Å²) in [6.45, 7) is 1.17. The monoisotopic (exact) mass is 816 g/mol. The molecule has 1 saturated carbocycles. The van der Waals surface area contributed by atoms with Crippen LogP contribution >= 0.6 is 0 Å². The molecule has 5 aromatic rings. The zero-order valence-corrected chi connectivity index (χ0v) is 35.7. The van der Waals surface area contributed by atoms with Crippen LogP contribution in [-0.2, 0) is 14.3 Å². The number of imidazole rings is 1. The Morgan fingerprint density at radius 2 is 1.36 bits per heavy atom. The molecule has 11 nitrogen and oxygen atoms in total. The number of nitrogens with one attached hydrogen (secondary N) is 1. The number of benzene rings is 3. The number of aliphatic imine (C=N–C) groups is 1. The molecule has 3 aromatic carbocycles. The zero-order chi connectivity index (χ0) is 42.1. The third-order valence-corrected chi connectivity index (χ3v) is 13.1. The third-order valence-electron chi connectivity index (χ3n) is 13.1. The van der Waals surface area contributed by atoms with Crippen LogP contribution in [0, 0.1) is 0 Å². The molecule has 2 aromatic heterocycles. The number of carbonyl (C=O) groups excluding carboxylic acids is 2. The summed E-state index contributed by atoms with van der Waals surface area (Å²) in [4.78, 5) is 54.9. The molecule has 4 atom stereocenters. The largest absolute Gasteiger partial charge is 0.353 e. The molecule has 9 rings (SSSR count). The summed E-state index contributed by atoms with van der Waals surface area (Å²) in [6, 6.07) is 31.5. The predicted octanol–water partition coefficient (Wildman–Crippen LogP) is 8.48. The number of allylic oxidation sites excluding steroid dienone is 1.